The molecule has 0 amide bonds. The Balaban J connectivity index is 0.000000218. The van der Waals surface area contributed by atoms with Crippen molar-refractivity contribution in [3.05, 3.63) is 185 Å². The summed E-state index contributed by atoms with van der Waals surface area (Å²) in [6.07, 6.45) is 2.97. The average molecular weight is 811 g/mol. The number of nitrogens with one attached hydrogen (secondary N) is 2. The third kappa shape index (κ3) is 12.2. The lowest BCUT2D eigenvalue weighted by atomic mass is 10.0. The summed E-state index contributed by atoms with van der Waals surface area (Å²) in [5, 5.41) is 17.8. The van der Waals surface area contributed by atoms with Gasteiger partial charge >= 0.3 is 11.9 Å². The van der Waals surface area contributed by atoms with E-state index in [1.54, 1.807) is 84.9 Å². The second-order valence-electron chi connectivity index (χ2n) is 12.7. The molecule has 0 saturated heterocycles. The zero-order valence-electron chi connectivity index (χ0n) is 30.6. The maximum atomic E-state index is 13.3. The molecule has 0 unspecified atom stereocenters. The Labute approximate surface area is 330 Å². The third-order valence-electron chi connectivity index (χ3n) is 8.68. The maximum Gasteiger partial charge on any atom is 0.335 e. The molecule has 11 nitrogen and oxygen atoms in total. The van der Waals surface area contributed by atoms with Crippen LogP contribution in [-0.2, 0) is 45.7 Å². The van der Waals surface area contributed by atoms with E-state index in [4.69, 9.17) is 14.9 Å². The van der Waals surface area contributed by atoms with Crippen LogP contribution in [0.4, 0.5) is 15.8 Å². The van der Waals surface area contributed by atoms with Gasteiger partial charge < -0.3 is 14.9 Å². The highest BCUT2D eigenvalue weighted by molar-refractivity contribution is 7.93. The summed E-state index contributed by atoms with van der Waals surface area (Å²) in [6.45, 7) is 0. The molecule has 14 heteroatoms. The summed E-state index contributed by atoms with van der Waals surface area (Å²) >= 11 is 0. The van der Waals surface area contributed by atoms with Crippen LogP contribution in [0, 0.1) is 5.82 Å². The Hall–Kier alpha value is -6.51. The molecule has 0 fully saturated rings. The fourth-order valence-electron chi connectivity index (χ4n) is 5.51. The van der Waals surface area contributed by atoms with Gasteiger partial charge in [0, 0.05) is 17.4 Å². The van der Waals surface area contributed by atoms with Crippen LogP contribution in [0.1, 0.15) is 43.0 Å². The zero-order chi connectivity index (χ0) is 41.0. The molecule has 6 rings (SSSR count). The molecule has 0 aliphatic carbocycles. The first-order chi connectivity index (χ1) is 27.2. The molecule has 57 heavy (non-hydrogen) atoms. The van der Waals surface area contributed by atoms with Gasteiger partial charge in [0.2, 0.25) is 0 Å². The Morgan fingerprint density at radius 3 is 1.23 bits per heavy atom. The van der Waals surface area contributed by atoms with E-state index < -0.39 is 37.8 Å². The maximum absolute atomic E-state index is 13.3. The number of benzene rings is 6. The van der Waals surface area contributed by atoms with Gasteiger partial charge in [-0.25, -0.2) is 30.8 Å². The van der Waals surface area contributed by atoms with Crippen molar-refractivity contribution in [2.45, 2.75) is 35.5 Å². The Morgan fingerprint density at radius 1 is 0.526 bits per heavy atom. The Morgan fingerprint density at radius 2 is 0.877 bits per heavy atom. The van der Waals surface area contributed by atoms with Gasteiger partial charge in [-0.2, -0.15) is 0 Å². The second-order valence-corrected chi connectivity index (χ2v) is 16.1. The van der Waals surface area contributed by atoms with Crippen molar-refractivity contribution in [3.8, 4) is 5.75 Å². The number of carboxylic acids is 2. The molecule has 294 valence electrons. The molecule has 4 N–H and O–H groups in total. The predicted octanol–water partition coefficient (Wildman–Crippen LogP) is 8.09. The van der Waals surface area contributed by atoms with Gasteiger partial charge in [-0.3, -0.25) is 9.44 Å². The van der Waals surface area contributed by atoms with Crippen LogP contribution in [0.25, 0.3) is 0 Å². The van der Waals surface area contributed by atoms with Crippen LogP contribution in [0.3, 0.4) is 0 Å². The molecule has 0 saturated carbocycles. The number of ether oxygens (including phenoxy) is 1. The van der Waals surface area contributed by atoms with E-state index >= 15 is 0 Å². The van der Waals surface area contributed by atoms with E-state index in [-0.39, 0.29) is 20.9 Å². The fraction of sp³-hybridized carbons (Fsp3) is 0.116. The number of carbonyl (C=O) groups is 2. The van der Waals surface area contributed by atoms with Gasteiger partial charge in [0.05, 0.1) is 28.0 Å². The number of methoxy groups -OCH3 is 1. The van der Waals surface area contributed by atoms with Gasteiger partial charge in [-0.1, -0.05) is 60.7 Å². The molecule has 0 aromatic heterocycles. The van der Waals surface area contributed by atoms with E-state index in [2.05, 4.69) is 9.44 Å². The highest BCUT2D eigenvalue weighted by atomic mass is 32.2. The number of aryl methyl sites for hydroxylation is 4. The molecule has 0 aliphatic rings. The fourth-order valence-corrected chi connectivity index (χ4v) is 7.70. The molecule has 0 atom stereocenters. The van der Waals surface area contributed by atoms with Crippen LogP contribution < -0.4 is 14.2 Å². The van der Waals surface area contributed by atoms with Crippen molar-refractivity contribution in [2.24, 2.45) is 0 Å². The number of rotatable bonds is 15. The highest BCUT2D eigenvalue weighted by Crippen LogP contribution is 2.22. The smallest absolute Gasteiger partial charge is 0.335 e. The summed E-state index contributed by atoms with van der Waals surface area (Å²) in [6, 6.07) is 38.7. The van der Waals surface area contributed by atoms with Crippen LogP contribution >= 0.6 is 0 Å². The molecule has 6 aromatic carbocycles. The first-order valence-electron chi connectivity index (χ1n) is 17.5. The first-order valence-corrected chi connectivity index (χ1v) is 20.4. The van der Waals surface area contributed by atoms with E-state index in [0.29, 0.717) is 17.1 Å². The van der Waals surface area contributed by atoms with Crippen molar-refractivity contribution in [2.75, 3.05) is 16.6 Å². The van der Waals surface area contributed by atoms with E-state index in [1.807, 2.05) is 24.3 Å². The minimum absolute atomic E-state index is 0.130. The van der Waals surface area contributed by atoms with Crippen LogP contribution in [0.15, 0.2) is 155 Å². The lowest BCUT2D eigenvalue weighted by Gasteiger charge is -2.10. The standard InChI is InChI=1S/C22H21NO5S.C21H18FNO4S/c1-28-20-3-2-4-21(15-20)29(26,27)23-19-13-9-17(10-14-19)6-5-16-7-11-18(12-8-16)22(24)25;22-18-2-1-3-20(14-18)28(26,27)23-19-12-8-16(9-13-19)5-4-15-6-10-17(11-7-15)21(24)25/h2-4,7-15,23H,5-6H2,1H3,(H,24,25);1-3,6-14,23H,4-5H2,(H,24,25). The largest absolute Gasteiger partial charge is 0.497 e. The van der Waals surface area contributed by atoms with Crippen molar-refractivity contribution in [1.82, 2.24) is 0 Å². The van der Waals surface area contributed by atoms with E-state index in [1.165, 1.54) is 37.4 Å². The lowest BCUT2D eigenvalue weighted by Crippen LogP contribution is -2.13. The monoisotopic (exact) mass is 810 g/mol. The minimum Gasteiger partial charge on any atom is -0.497 e. The summed E-state index contributed by atoms with van der Waals surface area (Å²) in [5.41, 5.74) is 5.49. The Bertz CT molecular complexity index is 2530. The summed E-state index contributed by atoms with van der Waals surface area (Å²) in [7, 11) is -6.07. The molecule has 0 spiro atoms. The van der Waals surface area contributed by atoms with Crippen molar-refractivity contribution >= 4 is 43.4 Å². The van der Waals surface area contributed by atoms with Crippen molar-refractivity contribution in [3.63, 3.8) is 0 Å². The number of anilines is 2. The normalized spacial score (nSPS) is 11.1. The number of halogens is 1. The van der Waals surface area contributed by atoms with E-state index in [0.717, 1.165) is 54.0 Å². The summed E-state index contributed by atoms with van der Waals surface area (Å²) in [4.78, 5) is 21.7. The van der Waals surface area contributed by atoms with Crippen molar-refractivity contribution in [1.29, 1.82) is 0 Å². The van der Waals surface area contributed by atoms with Gasteiger partial charge in [0.1, 0.15) is 11.6 Å². The Kier molecular flexibility index (Phi) is 13.8. The zero-order valence-corrected chi connectivity index (χ0v) is 32.3. The number of sulfonamides is 2. The molecule has 0 radical (unpaired) electrons. The van der Waals surface area contributed by atoms with Crippen LogP contribution in [0.5, 0.6) is 5.75 Å². The number of hydrogen-bond donors (Lipinski definition) is 4. The molecule has 0 aliphatic heterocycles. The van der Waals surface area contributed by atoms with Crippen LogP contribution in [-0.4, -0.2) is 46.1 Å². The summed E-state index contributed by atoms with van der Waals surface area (Å²) < 4.78 is 73.0. The van der Waals surface area contributed by atoms with Gasteiger partial charge in [0.15, 0.2) is 0 Å². The number of carboxylic acid groups (broad SMARTS) is 2. The third-order valence-corrected chi connectivity index (χ3v) is 11.4. The van der Waals surface area contributed by atoms with Gasteiger partial charge in [-0.05, 0) is 127 Å². The number of hydrogen-bond acceptors (Lipinski definition) is 7. The SMILES string of the molecule is COc1cccc(S(=O)(=O)Nc2ccc(CCc3ccc(C(=O)O)cc3)cc2)c1.O=C(O)c1ccc(CCc2ccc(NS(=O)(=O)c3cccc(F)c3)cc2)cc1. The van der Waals surface area contributed by atoms with Crippen molar-refractivity contribution < 1.29 is 45.8 Å². The quantitative estimate of drug-likeness (QED) is 0.0799. The van der Waals surface area contributed by atoms with Gasteiger partial charge in [0.25, 0.3) is 20.0 Å². The lowest BCUT2D eigenvalue weighted by molar-refractivity contribution is 0.0686. The highest BCUT2D eigenvalue weighted by Gasteiger charge is 2.16. The molecule has 6 aromatic rings. The minimum atomic E-state index is -3.85. The van der Waals surface area contributed by atoms with Gasteiger partial charge in [-0.15, -0.1) is 0 Å². The molecular formula is C43H39FN2O9S2. The van der Waals surface area contributed by atoms with Crippen LogP contribution in [0.2, 0.25) is 0 Å². The molecule has 0 heterocycles. The molecule has 0 bridgehead atoms. The first kappa shape index (κ1) is 41.6. The predicted molar refractivity (Wildman–Crippen MR) is 216 cm³/mol. The van der Waals surface area contributed by atoms with E-state index in [9.17, 15) is 30.8 Å². The second kappa shape index (κ2) is 18.9. The molecular weight excluding hydrogens is 772 g/mol. The number of aromatic carboxylic acids is 2. The average Bonchev–Trinajstić information content (AvgIpc) is 3.20. The topological polar surface area (TPSA) is 176 Å². The summed E-state index contributed by atoms with van der Waals surface area (Å²) in [5.74, 6) is -2.04.